The third-order valence-corrected chi connectivity index (χ3v) is 9.35. The first-order valence-corrected chi connectivity index (χ1v) is 18.4. The van der Waals surface area contributed by atoms with Crippen LogP contribution in [0.2, 0.25) is 0 Å². The summed E-state index contributed by atoms with van der Waals surface area (Å²) < 4.78 is 50.6. The molecule has 3 unspecified atom stereocenters. The van der Waals surface area contributed by atoms with E-state index in [2.05, 4.69) is 10.6 Å². The Morgan fingerprint density at radius 3 is 2.06 bits per heavy atom. The first-order chi connectivity index (χ1) is 25.0. The number of carbonyl (C=O) groups is 4. The number of phosphoric acid groups is 1. The SMILES string of the molecule is CC(C)CCN[C@@H](CC(=O)O)C(=O)OP(=O)(OC(=O)[C@H](CC(=O)O)NCCC(C)Cc1ccccc1)OC(F)[C@H]1O[C@@H](n2ccc(=O)[nH]c2=O)C[C@@H]1O. The lowest BCUT2D eigenvalue weighted by Gasteiger charge is -2.26. The molecule has 0 amide bonds. The van der Waals surface area contributed by atoms with Gasteiger partial charge in [0.15, 0.2) is 0 Å². The number of halogens is 1. The largest absolute Gasteiger partial charge is 0.594 e. The molecule has 1 aromatic heterocycles. The Kier molecular flexibility index (Phi) is 16.5. The second kappa shape index (κ2) is 20.3. The number of aliphatic hydroxyl groups is 1. The standard InChI is InChI=1S/C33H46FN4O14P/c1-19(2)9-12-35-22(16-27(41)42)31(45)51-53(48,50-30(34)29-24(39)18-26(49-29)38-14-11-25(40)37-33(38)47)52-32(46)23(17-28(43)44)36-13-10-20(3)15-21-7-5-4-6-8-21/h4-8,11,14,19-20,22-24,26,29-30,35-36,39H,9-10,12-13,15-18H2,1-3H3,(H,41,42)(H,43,44)(H,37,40,47)/t20?,22-,23-,24-,26+,29-,30?,53?/m0/s1. The summed E-state index contributed by atoms with van der Waals surface area (Å²) in [5.74, 6) is -5.90. The number of nitrogens with zero attached hydrogens (tertiary/aromatic N) is 1. The van der Waals surface area contributed by atoms with E-state index >= 15 is 4.39 Å². The van der Waals surface area contributed by atoms with Gasteiger partial charge in [-0.1, -0.05) is 51.1 Å². The summed E-state index contributed by atoms with van der Waals surface area (Å²) in [6.45, 7) is 5.83. The molecule has 294 valence electrons. The van der Waals surface area contributed by atoms with Crippen molar-refractivity contribution < 1.29 is 61.8 Å². The number of ether oxygens (including phenoxy) is 1. The summed E-state index contributed by atoms with van der Waals surface area (Å²) in [5.41, 5.74) is -0.647. The van der Waals surface area contributed by atoms with Crippen molar-refractivity contribution in [3.63, 3.8) is 0 Å². The maximum absolute atomic E-state index is 15.8. The Bertz CT molecular complexity index is 1710. The number of H-pyrrole nitrogens is 1. The topological polar surface area (TPSA) is 262 Å². The highest BCUT2D eigenvalue weighted by Gasteiger charge is 2.49. The number of hydrogen-bond acceptors (Lipinski definition) is 14. The molecule has 2 heterocycles. The Morgan fingerprint density at radius 1 is 0.962 bits per heavy atom. The zero-order valence-electron chi connectivity index (χ0n) is 29.4. The molecule has 1 saturated heterocycles. The summed E-state index contributed by atoms with van der Waals surface area (Å²) in [6, 6.07) is 7.09. The molecule has 3 rings (SSSR count). The van der Waals surface area contributed by atoms with E-state index in [0.29, 0.717) is 19.3 Å². The van der Waals surface area contributed by atoms with Gasteiger partial charge in [-0.05, 0) is 49.8 Å². The number of carboxylic acids is 2. The fourth-order valence-electron chi connectivity index (χ4n) is 5.33. The van der Waals surface area contributed by atoms with Crippen LogP contribution in [0.5, 0.6) is 0 Å². The molecular formula is C33H46FN4O14P. The average Bonchev–Trinajstić information content (AvgIpc) is 3.44. The number of aromatic nitrogens is 2. The van der Waals surface area contributed by atoms with Crippen molar-refractivity contribution in [1.29, 1.82) is 0 Å². The average molecular weight is 773 g/mol. The van der Waals surface area contributed by atoms with E-state index in [4.69, 9.17) is 18.3 Å². The first-order valence-electron chi connectivity index (χ1n) is 16.9. The molecule has 53 heavy (non-hydrogen) atoms. The van der Waals surface area contributed by atoms with Gasteiger partial charge in [-0.2, -0.15) is 0 Å². The number of aromatic amines is 1. The Morgan fingerprint density at radius 2 is 1.53 bits per heavy atom. The van der Waals surface area contributed by atoms with Crippen LogP contribution in [0.4, 0.5) is 4.39 Å². The van der Waals surface area contributed by atoms with Gasteiger partial charge in [0.1, 0.15) is 24.4 Å². The number of rotatable bonds is 22. The maximum Gasteiger partial charge on any atom is 0.594 e. The van der Waals surface area contributed by atoms with Crippen molar-refractivity contribution in [2.75, 3.05) is 13.1 Å². The normalized spacial score (nSPS) is 20.5. The van der Waals surface area contributed by atoms with Crippen molar-refractivity contribution in [1.82, 2.24) is 20.2 Å². The second-order valence-corrected chi connectivity index (χ2v) is 14.5. The molecule has 6 N–H and O–H groups in total. The molecule has 1 aromatic carbocycles. The van der Waals surface area contributed by atoms with E-state index in [9.17, 15) is 48.7 Å². The number of phosphoric ester groups is 1. The minimum atomic E-state index is -5.76. The third-order valence-electron chi connectivity index (χ3n) is 8.08. The summed E-state index contributed by atoms with van der Waals surface area (Å²) in [7, 11) is -5.76. The summed E-state index contributed by atoms with van der Waals surface area (Å²) in [5, 5.41) is 34.8. The lowest BCUT2D eigenvalue weighted by Crippen LogP contribution is -2.42. The monoisotopic (exact) mass is 772 g/mol. The van der Waals surface area contributed by atoms with E-state index in [1.54, 1.807) is 0 Å². The highest BCUT2D eigenvalue weighted by molar-refractivity contribution is 7.49. The molecule has 18 nitrogen and oxygen atoms in total. The number of alkyl halides is 1. The zero-order valence-corrected chi connectivity index (χ0v) is 30.3. The number of nitrogens with one attached hydrogen (secondary N) is 3. The molecule has 0 spiro atoms. The smallest absolute Gasteiger partial charge is 0.481 e. The van der Waals surface area contributed by atoms with E-state index in [1.807, 2.05) is 56.1 Å². The second-order valence-electron chi connectivity index (χ2n) is 13.1. The predicted molar refractivity (Wildman–Crippen MR) is 183 cm³/mol. The molecule has 0 aliphatic carbocycles. The molecule has 20 heteroatoms. The number of carboxylic acid groups (broad SMARTS) is 2. The molecule has 8 atom stereocenters. The van der Waals surface area contributed by atoms with Crippen LogP contribution in [0.1, 0.15) is 64.7 Å². The van der Waals surface area contributed by atoms with Crippen molar-refractivity contribution in [2.24, 2.45) is 11.8 Å². The van der Waals surface area contributed by atoms with Crippen LogP contribution in [0.25, 0.3) is 0 Å². The van der Waals surface area contributed by atoms with E-state index < -0.39 is 99.1 Å². The lowest BCUT2D eigenvalue weighted by atomic mass is 9.98. The number of aliphatic carboxylic acids is 2. The Balaban J connectivity index is 1.82. The fourth-order valence-corrected chi connectivity index (χ4v) is 6.51. The van der Waals surface area contributed by atoms with Gasteiger partial charge in [-0.25, -0.2) is 27.9 Å². The van der Waals surface area contributed by atoms with Gasteiger partial charge in [0.25, 0.3) is 5.56 Å². The molecule has 0 saturated carbocycles. The number of carbonyl (C=O) groups excluding carboxylic acids is 2. The van der Waals surface area contributed by atoms with E-state index in [0.717, 1.165) is 22.4 Å². The molecule has 2 aromatic rings. The Labute approximate surface area is 303 Å². The quantitative estimate of drug-likeness (QED) is 0.0934. The summed E-state index contributed by atoms with van der Waals surface area (Å²) in [4.78, 5) is 75.4. The molecular weight excluding hydrogens is 726 g/mol. The van der Waals surface area contributed by atoms with Crippen molar-refractivity contribution in [3.8, 4) is 0 Å². The van der Waals surface area contributed by atoms with Crippen LogP contribution in [0.3, 0.4) is 0 Å². The van der Waals surface area contributed by atoms with Gasteiger partial charge in [-0.3, -0.25) is 23.9 Å². The zero-order chi connectivity index (χ0) is 39.3. The molecule has 0 radical (unpaired) electrons. The highest BCUT2D eigenvalue weighted by Crippen LogP contribution is 2.53. The number of hydrogen-bond donors (Lipinski definition) is 6. The maximum atomic E-state index is 15.8. The first kappa shape index (κ1) is 43.1. The minimum Gasteiger partial charge on any atom is -0.481 e. The van der Waals surface area contributed by atoms with Crippen LogP contribution in [-0.2, 0) is 48.5 Å². The van der Waals surface area contributed by atoms with E-state index in [-0.39, 0.29) is 24.9 Å². The van der Waals surface area contributed by atoms with Crippen molar-refractivity contribution in [2.45, 2.75) is 96.2 Å². The van der Waals surface area contributed by atoms with Crippen molar-refractivity contribution >= 4 is 31.7 Å². The van der Waals surface area contributed by atoms with Crippen molar-refractivity contribution in [3.05, 3.63) is 69.0 Å². The molecule has 0 bridgehead atoms. The van der Waals surface area contributed by atoms with Crippen LogP contribution in [-0.4, -0.2) is 92.5 Å². The van der Waals surface area contributed by atoms with Gasteiger partial charge in [-0.15, -0.1) is 0 Å². The van der Waals surface area contributed by atoms with Gasteiger partial charge >= 0.3 is 37.4 Å². The van der Waals surface area contributed by atoms with Crippen LogP contribution in [0.15, 0.2) is 52.2 Å². The van der Waals surface area contributed by atoms with Gasteiger partial charge < -0.3 is 39.7 Å². The van der Waals surface area contributed by atoms with Crippen LogP contribution in [0, 0.1) is 11.8 Å². The predicted octanol–water partition coefficient (Wildman–Crippen LogP) is 1.87. The van der Waals surface area contributed by atoms with Gasteiger partial charge in [0.05, 0.1) is 18.9 Å². The van der Waals surface area contributed by atoms with Crippen LogP contribution < -0.4 is 21.9 Å². The highest BCUT2D eigenvalue weighted by atomic mass is 31.2. The molecule has 1 aliphatic rings. The lowest BCUT2D eigenvalue weighted by molar-refractivity contribution is -0.155. The molecule has 1 aliphatic heterocycles. The minimum absolute atomic E-state index is 0.0668. The Hall–Kier alpha value is -4.26. The van der Waals surface area contributed by atoms with Gasteiger partial charge in [0.2, 0.25) is 6.36 Å². The summed E-state index contributed by atoms with van der Waals surface area (Å²) >= 11 is 0. The summed E-state index contributed by atoms with van der Waals surface area (Å²) in [6.07, 6.45) is -7.72. The van der Waals surface area contributed by atoms with Gasteiger partial charge in [0, 0.05) is 18.7 Å². The third kappa shape index (κ3) is 14.2. The number of aliphatic hydroxyl groups excluding tert-OH is 1. The van der Waals surface area contributed by atoms with Crippen LogP contribution >= 0.6 is 7.82 Å². The fraction of sp³-hybridized carbons (Fsp3) is 0.576. The van der Waals surface area contributed by atoms with E-state index in [1.165, 1.54) is 0 Å². The number of benzene rings is 1. The molecule has 1 fully saturated rings.